The van der Waals surface area contributed by atoms with E-state index in [0.29, 0.717) is 5.92 Å². The number of aryl methyl sites for hydroxylation is 1. The summed E-state index contributed by atoms with van der Waals surface area (Å²) in [5.41, 5.74) is 9.54. The fraction of sp³-hybridized carbons (Fsp3) is 0.714. The van der Waals surface area contributed by atoms with Crippen molar-refractivity contribution < 1.29 is 0 Å². The van der Waals surface area contributed by atoms with Crippen LogP contribution in [0.15, 0.2) is 24.3 Å². The lowest BCUT2D eigenvalue weighted by Crippen LogP contribution is -2.35. The minimum atomic E-state index is 0.0990. The molecule has 0 aliphatic heterocycles. The molecule has 0 heterocycles. The smallest absolute Gasteiger partial charge is 0.0157 e. The Balaban J connectivity index is 1.74. The Labute approximate surface area is 137 Å². The minimum absolute atomic E-state index is 0.0990. The molecule has 0 radical (unpaired) electrons. The second kappa shape index (κ2) is 8.72. The molecule has 1 aromatic carbocycles. The van der Waals surface area contributed by atoms with Crippen molar-refractivity contribution in [2.75, 3.05) is 0 Å². The van der Waals surface area contributed by atoms with Crippen molar-refractivity contribution in [3.05, 3.63) is 35.4 Å². The molecule has 0 spiro atoms. The Morgan fingerprint density at radius 2 is 1.68 bits per heavy atom. The van der Waals surface area contributed by atoms with E-state index in [1.165, 1.54) is 75.3 Å². The van der Waals surface area contributed by atoms with E-state index in [2.05, 4.69) is 38.1 Å². The summed E-state index contributed by atoms with van der Waals surface area (Å²) in [6, 6.07) is 9.42. The lowest BCUT2D eigenvalue weighted by Gasteiger charge is -2.22. The van der Waals surface area contributed by atoms with Crippen LogP contribution in [0.1, 0.15) is 95.1 Å². The zero-order chi connectivity index (χ0) is 15.8. The average molecular weight is 302 g/mol. The molecule has 2 rings (SSSR count). The van der Waals surface area contributed by atoms with Crippen LogP contribution in [0.2, 0.25) is 0 Å². The van der Waals surface area contributed by atoms with Crippen molar-refractivity contribution in [2.24, 2.45) is 5.73 Å². The standard InChI is InChI=1S/C21H35N/c1-3-5-6-7-8-9-10-18-11-13-19(14-12-18)20-15-16-21(22,4-2)17-20/h11-14,20H,3-10,15-17,22H2,1-2H3/t20-,21+/m0/s1. The van der Waals surface area contributed by atoms with Gasteiger partial charge in [-0.25, -0.2) is 0 Å². The first-order valence-electron chi connectivity index (χ1n) is 9.54. The molecule has 2 N–H and O–H groups in total. The van der Waals surface area contributed by atoms with Gasteiger partial charge in [0.2, 0.25) is 0 Å². The SMILES string of the molecule is CCCCCCCCc1ccc([C@H]2CC[C@](N)(CC)C2)cc1. The Hall–Kier alpha value is -0.820. The van der Waals surface area contributed by atoms with E-state index >= 15 is 0 Å². The maximum absolute atomic E-state index is 6.43. The van der Waals surface area contributed by atoms with E-state index in [1.807, 2.05) is 0 Å². The fourth-order valence-electron chi connectivity index (χ4n) is 3.83. The molecule has 1 aliphatic carbocycles. The van der Waals surface area contributed by atoms with Gasteiger partial charge in [0.05, 0.1) is 0 Å². The summed E-state index contributed by atoms with van der Waals surface area (Å²) in [7, 11) is 0. The Morgan fingerprint density at radius 3 is 2.32 bits per heavy atom. The third-order valence-corrected chi connectivity index (χ3v) is 5.62. The van der Waals surface area contributed by atoms with E-state index in [1.54, 1.807) is 0 Å². The molecule has 2 atom stereocenters. The molecule has 0 amide bonds. The molecular formula is C21H35N. The molecule has 1 saturated carbocycles. The Bertz CT molecular complexity index is 422. The highest BCUT2D eigenvalue weighted by atomic mass is 14.8. The Kier molecular flexibility index (Phi) is 6.95. The zero-order valence-electron chi connectivity index (χ0n) is 14.7. The molecule has 1 heteroatoms. The maximum atomic E-state index is 6.43. The predicted molar refractivity (Wildman–Crippen MR) is 97.3 cm³/mol. The summed E-state index contributed by atoms with van der Waals surface area (Å²) in [5, 5.41) is 0. The van der Waals surface area contributed by atoms with Gasteiger partial charge in [-0.2, -0.15) is 0 Å². The van der Waals surface area contributed by atoms with Crippen LogP contribution in [0.3, 0.4) is 0 Å². The fourth-order valence-corrected chi connectivity index (χ4v) is 3.83. The number of hydrogen-bond donors (Lipinski definition) is 1. The Morgan fingerprint density at radius 1 is 1.00 bits per heavy atom. The molecule has 0 aromatic heterocycles. The van der Waals surface area contributed by atoms with E-state index in [0.717, 1.165) is 6.42 Å². The van der Waals surface area contributed by atoms with Gasteiger partial charge in [0, 0.05) is 5.54 Å². The molecule has 1 nitrogen and oxygen atoms in total. The minimum Gasteiger partial charge on any atom is -0.325 e. The summed E-state index contributed by atoms with van der Waals surface area (Å²) in [6.45, 7) is 4.51. The van der Waals surface area contributed by atoms with Crippen LogP contribution >= 0.6 is 0 Å². The van der Waals surface area contributed by atoms with Crippen LogP contribution in [0.25, 0.3) is 0 Å². The van der Waals surface area contributed by atoms with E-state index in [9.17, 15) is 0 Å². The number of rotatable bonds is 9. The molecule has 0 unspecified atom stereocenters. The van der Waals surface area contributed by atoms with E-state index < -0.39 is 0 Å². The normalized spacial score (nSPS) is 24.8. The van der Waals surface area contributed by atoms with Gasteiger partial charge in [0.1, 0.15) is 0 Å². The van der Waals surface area contributed by atoms with Crippen LogP contribution in [0, 0.1) is 0 Å². The van der Waals surface area contributed by atoms with Crippen LogP contribution in [0.4, 0.5) is 0 Å². The highest BCUT2D eigenvalue weighted by Crippen LogP contribution is 2.41. The monoisotopic (exact) mass is 301 g/mol. The summed E-state index contributed by atoms with van der Waals surface area (Å²) in [6.07, 6.45) is 14.3. The van der Waals surface area contributed by atoms with Crippen LogP contribution in [-0.2, 0) is 6.42 Å². The van der Waals surface area contributed by atoms with Gasteiger partial charge >= 0.3 is 0 Å². The highest BCUT2D eigenvalue weighted by Gasteiger charge is 2.34. The van der Waals surface area contributed by atoms with Gasteiger partial charge in [-0.1, -0.05) is 70.2 Å². The molecule has 0 saturated heterocycles. The first-order valence-corrected chi connectivity index (χ1v) is 9.54. The van der Waals surface area contributed by atoms with Gasteiger partial charge in [-0.3, -0.25) is 0 Å². The second-order valence-electron chi connectivity index (χ2n) is 7.41. The third-order valence-electron chi connectivity index (χ3n) is 5.62. The van der Waals surface area contributed by atoms with E-state index in [-0.39, 0.29) is 5.54 Å². The summed E-state index contributed by atoms with van der Waals surface area (Å²) in [5.74, 6) is 0.688. The molecule has 124 valence electrons. The largest absolute Gasteiger partial charge is 0.325 e. The number of nitrogens with two attached hydrogens (primary N) is 1. The molecule has 0 bridgehead atoms. The van der Waals surface area contributed by atoms with Gasteiger partial charge < -0.3 is 5.73 Å². The highest BCUT2D eigenvalue weighted by molar-refractivity contribution is 5.27. The number of benzene rings is 1. The zero-order valence-corrected chi connectivity index (χ0v) is 14.7. The quantitative estimate of drug-likeness (QED) is 0.559. The number of unbranched alkanes of at least 4 members (excludes halogenated alkanes) is 5. The van der Waals surface area contributed by atoms with Gasteiger partial charge in [-0.15, -0.1) is 0 Å². The van der Waals surface area contributed by atoms with Gasteiger partial charge in [-0.05, 0) is 55.6 Å². The number of hydrogen-bond acceptors (Lipinski definition) is 1. The summed E-state index contributed by atoms with van der Waals surface area (Å²) >= 11 is 0. The van der Waals surface area contributed by atoms with Crippen molar-refractivity contribution in [1.82, 2.24) is 0 Å². The van der Waals surface area contributed by atoms with Crippen molar-refractivity contribution in [1.29, 1.82) is 0 Å². The second-order valence-corrected chi connectivity index (χ2v) is 7.41. The van der Waals surface area contributed by atoms with Crippen LogP contribution in [-0.4, -0.2) is 5.54 Å². The topological polar surface area (TPSA) is 26.0 Å². The average Bonchev–Trinajstić information content (AvgIpc) is 2.94. The van der Waals surface area contributed by atoms with Crippen LogP contribution in [0.5, 0.6) is 0 Å². The first-order chi connectivity index (χ1) is 10.7. The lowest BCUT2D eigenvalue weighted by molar-refractivity contribution is 0.418. The van der Waals surface area contributed by atoms with Gasteiger partial charge in [0.15, 0.2) is 0 Å². The molecule has 1 fully saturated rings. The van der Waals surface area contributed by atoms with Gasteiger partial charge in [0.25, 0.3) is 0 Å². The maximum Gasteiger partial charge on any atom is 0.0157 e. The lowest BCUT2D eigenvalue weighted by atomic mass is 9.91. The van der Waals surface area contributed by atoms with Crippen LogP contribution < -0.4 is 5.73 Å². The first kappa shape index (κ1) is 17.5. The predicted octanol–water partition coefficient (Wildman–Crippen LogP) is 5.96. The van der Waals surface area contributed by atoms with Crippen molar-refractivity contribution in [3.8, 4) is 0 Å². The van der Waals surface area contributed by atoms with Crippen molar-refractivity contribution in [3.63, 3.8) is 0 Å². The summed E-state index contributed by atoms with van der Waals surface area (Å²) in [4.78, 5) is 0. The van der Waals surface area contributed by atoms with E-state index in [4.69, 9.17) is 5.73 Å². The summed E-state index contributed by atoms with van der Waals surface area (Å²) < 4.78 is 0. The molecule has 22 heavy (non-hydrogen) atoms. The van der Waals surface area contributed by atoms with Crippen molar-refractivity contribution in [2.45, 2.75) is 95.9 Å². The molecule has 1 aromatic rings. The third kappa shape index (κ3) is 5.12. The molecule has 1 aliphatic rings. The van der Waals surface area contributed by atoms with Crippen molar-refractivity contribution >= 4 is 0 Å². The molecular weight excluding hydrogens is 266 g/mol.